The molecule has 11 N–H and O–H groups in total. The predicted octanol–water partition coefficient (Wildman–Crippen LogP) is -2.93. The molecule has 0 aromatic heterocycles. The third-order valence-electron chi connectivity index (χ3n) is 7.76. The van der Waals surface area contributed by atoms with Crippen molar-refractivity contribution in [1.82, 2.24) is 31.9 Å². The quantitative estimate of drug-likeness (QED) is 0.0596. The first-order valence-electron chi connectivity index (χ1n) is 17.4. The Morgan fingerprint density at radius 2 is 1.59 bits per heavy atom. The number of nitrogens with one attached hydrogen (secondary N) is 6. The number of nitrogens with zero attached hydrogens (tertiary/aromatic N) is 1. The van der Waals surface area contributed by atoms with E-state index in [2.05, 4.69) is 36.9 Å². The summed E-state index contributed by atoms with van der Waals surface area (Å²) in [5.41, 5.74) is 11.9. The van der Waals surface area contributed by atoms with Crippen molar-refractivity contribution in [3.63, 3.8) is 0 Å². The number of nitrogens with two attached hydrogens (primary N) is 2. The number of aliphatic imine (C=N–C) groups is 1. The maximum Gasteiger partial charge on any atom is 0.303 e. The van der Waals surface area contributed by atoms with Crippen LogP contribution >= 0.6 is 21.6 Å². The van der Waals surface area contributed by atoms with Crippen LogP contribution in [0.1, 0.15) is 45.1 Å². The lowest BCUT2D eigenvalue weighted by Gasteiger charge is -2.27. The predicted molar refractivity (Wildman–Crippen MR) is 205 cm³/mol. The third kappa shape index (κ3) is 17.4. The second kappa shape index (κ2) is 24.2. The largest absolute Gasteiger partial charge is 0.481 e. The standard InChI is InChI=1S/C34H47N9O11S2/c1-18(2)12-22-32(52)40-21(8-9-28(47)48)31(51)43-25(17-56-55-16-20(35)29(49)38-15-27(46)39-22)34(54)42-24(14-26(36)45)33(53)41-23(30(50)37-10-11-44)13-19-6-4-3-5-7-19/h3-7,11,15,18,20-25H,8-10,12-14,16-17,35H2,1-2H3,(H2,36,45)(H,37,50)(H,39,46)(H,40,52)(H,41,53)(H,42,54)(H,43,51)(H,47,48)/t20-,21-,22-,23-,24-,25-/m0/s1. The molecule has 0 spiro atoms. The van der Waals surface area contributed by atoms with Gasteiger partial charge in [0.15, 0.2) is 0 Å². The maximum absolute atomic E-state index is 13.8. The van der Waals surface area contributed by atoms with Crippen LogP contribution in [-0.2, 0) is 54.4 Å². The number of carboxylic acids is 1. The highest BCUT2D eigenvalue weighted by atomic mass is 33.1. The lowest BCUT2D eigenvalue weighted by atomic mass is 10.0. The van der Waals surface area contributed by atoms with Crippen LogP contribution in [0.15, 0.2) is 35.3 Å². The van der Waals surface area contributed by atoms with Gasteiger partial charge in [-0.1, -0.05) is 65.8 Å². The summed E-state index contributed by atoms with van der Waals surface area (Å²) in [6.45, 7) is 3.15. The first kappa shape index (κ1) is 46.8. The van der Waals surface area contributed by atoms with Gasteiger partial charge in [0.05, 0.1) is 25.2 Å². The van der Waals surface area contributed by atoms with Crippen LogP contribution in [0, 0.1) is 5.92 Å². The van der Waals surface area contributed by atoms with Gasteiger partial charge in [0.25, 0.3) is 11.8 Å². The topological polar surface area (TPSA) is 328 Å². The number of rotatable bonds is 16. The molecule has 1 heterocycles. The fraction of sp³-hybridized carbons (Fsp3) is 0.500. The van der Waals surface area contributed by atoms with Gasteiger partial charge in [-0.2, -0.15) is 0 Å². The van der Waals surface area contributed by atoms with Gasteiger partial charge >= 0.3 is 5.97 Å². The Morgan fingerprint density at radius 1 is 0.929 bits per heavy atom. The number of benzene rings is 1. The van der Waals surface area contributed by atoms with Gasteiger partial charge in [0.1, 0.15) is 36.5 Å². The van der Waals surface area contributed by atoms with Crippen LogP contribution in [0.25, 0.3) is 0 Å². The number of carbonyl (C=O) groups excluding carboxylic acids is 9. The number of primary amides is 1. The van der Waals surface area contributed by atoms with Crippen LogP contribution in [0.2, 0.25) is 0 Å². The van der Waals surface area contributed by atoms with E-state index in [1.54, 1.807) is 44.2 Å². The molecule has 20 nitrogen and oxygen atoms in total. The van der Waals surface area contributed by atoms with Crippen molar-refractivity contribution in [2.45, 2.75) is 82.2 Å². The molecule has 0 unspecified atom stereocenters. The van der Waals surface area contributed by atoms with E-state index in [4.69, 9.17) is 11.5 Å². The molecule has 22 heteroatoms. The van der Waals surface area contributed by atoms with E-state index >= 15 is 0 Å². The highest BCUT2D eigenvalue weighted by Gasteiger charge is 2.34. The summed E-state index contributed by atoms with van der Waals surface area (Å²) in [4.78, 5) is 130. The monoisotopic (exact) mass is 821 g/mol. The van der Waals surface area contributed by atoms with Gasteiger partial charge in [0, 0.05) is 24.3 Å². The first-order chi connectivity index (χ1) is 26.5. The number of amides is 8. The average molecular weight is 822 g/mol. The van der Waals surface area contributed by atoms with Crippen molar-refractivity contribution in [2.24, 2.45) is 22.4 Å². The van der Waals surface area contributed by atoms with Crippen LogP contribution in [0.5, 0.6) is 0 Å². The Kier molecular flexibility index (Phi) is 20.2. The smallest absolute Gasteiger partial charge is 0.303 e. The number of aliphatic carboxylic acids is 1. The summed E-state index contributed by atoms with van der Waals surface area (Å²) in [5, 5.41) is 23.8. The first-order valence-corrected chi connectivity index (χ1v) is 19.8. The van der Waals surface area contributed by atoms with Crippen LogP contribution in [-0.4, -0.2) is 125 Å². The highest BCUT2D eigenvalue weighted by Crippen LogP contribution is 2.23. The molecule has 1 aliphatic rings. The lowest BCUT2D eigenvalue weighted by molar-refractivity contribution is -0.138. The van der Waals surface area contributed by atoms with E-state index in [9.17, 15) is 53.1 Å². The Hall–Kier alpha value is -5.35. The lowest BCUT2D eigenvalue weighted by Crippen LogP contribution is -2.60. The van der Waals surface area contributed by atoms with E-state index < -0.39 is 109 Å². The van der Waals surface area contributed by atoms with Gasteiger partial charge in [-0.05, 0) is 24.3 Å². The van der Waals surface area contributed by atoms with Gasteiger partial charge in [-0.15, -0.1) is 0 Å². The molecule has 1 aliphatic heterocycles. The van der Waals surface area contributed by atoms with Crippen molar-refractivity contribution >= 4 is 87.3 Å². The Balaban J connectivity index is 2.45. The summed E-state index contributed by atoms with van der Waals surface area (Å²) in [7, 11) is 1.96. The molecule has 306 valence electrons. The van der Waals surface area contributed by atoms with E-state index in [0.29, 0.717) is 18.1 Å². The van der Waals surface area contributed by atoms with E-state index in [1.165, 1.54) is 0 Å². The average Bonchev–Trinajstić information content (AvgIpc) is 3.14. The molecular weight excluding hydrogens is 775 g/mol. The fourth-order valence-corrected chi connectivity index (χ4v) is 7.26. The normalized spacial score (nSPS) is 20.9. The molecule has 8 amide bonds. The van der Waals surface area contributed by atoms with Crippen LogP contribution in [0.3, 0.4) is 0 Å². The van der Waals surface area contributed by atoms with Gasteiger partial charge in [-0.25, -0.2) is 4.99 Å². The molecule has 0 radical (unpaired) electrons. The SMILES string of the molecule is CC(C)C[C@@H]1NC(=O)C=NC(=O)[C@@H](N)CSSC[C@@H](C(=O)N[C@@H](CC(N)=O)C(=O)N[C@@H](Cc2ccccc2)C(=O)NCC=O)NC(=O)[C@H](CCC(=O)O)NC1=O. The summed E-state index contributed by atoms with van der Waals surface area (Å²) < 4.78 is 0. The van der Waals surface area contributed by atoms with Crippen molar-refractivity contribution < 1.29 is 53.1 Å². The van der Waals surface area contributed by atoms with E-state index in [0.717, 1.165) is 21.6 Å². The van der Waals surface area contributed by atoms with Gasteiger partial charge in [0.2, 0.25) is 35.4 Å². The van der Waals surface area contributed by atoms with Crippen molar-refractivity contribution in [3.05, 3.63) is 35.9 Å². The number of hydrogen-bond donors (Lipinski definition) is 9. The second-order valence-corrected chi connectivity index (χ2v) is 15.5. The number of carboxylic acid groups (broad SMARTS) is 1. The molecule has 0 fully saturated rings. The molecule has 2 rings (SSSR count). The minimum atomic E-state index is -1.68. The molecule has 1 aromatic rings. The number of hydrogen-bond acceptors (Lipinski definition) is 13. The molecule has 0 saturated heterocycles. The minimum absolute atomic E-state index is 0.0395. The molecule has 0 bridgehead atoms. The molecule has 6 atom stereocenters. The fourth-order valence-electron chi connectivity index (χ4n) is 4.98. The van der Waals surface area contributed by atoms with Crippen molar-refractivity contribution in [2.75, 3.05) is 18.1 Å². The molecule has 1 aromatic carbocycles. The summed E-state index contributed by atoms with van der Waals surface area (Å²) in [5.74, 6) is -9.18. The molecule has 0 aliphatic carbocycles. The molecule has 0 saturated carbocycles. The number of aldehydes is 1. The van der Waals surface area contributed by atoms with Gasteiger partial charge in [-0.3, -0.25) is 43.2 Å². The zero-order chi connectivity index (χ0) is 41.8. The Bertz CT molecular complexity index is 1630. The summed E-state index contributed by atoms with van der Waals surface area (Å²) in [6, 6.07) is 0.0708. The summed E-state index contributed by atoms with van der Waals surface area (Å²) in [6.07, 6.45) is -0.618. The Labute approximate surface area is 330 Å². The highest BCUT2D eigenvalue weighted by molar-refractivity contribution is 8.76. The molecular formula is C34H47N9O11S2. The summed E-state index contributed by atoms with van der Waals surface area (Å²) >= 11 is 0. The third-order valence-corrected chi connectivity index (χ3v) is 10.2. The minimum Gasteiger partial charge on any atom is -0.481 e. The number of carbonyl (C=O) groups is 10. The molecule has 56 heavy (non-hydrogen) atoms. The van der Waals surface area contributed by atoms with E-state index in [1.807, 2.05) is 0 Å². The Morgan fingerprint density at radius 3 is 2.21 bits per heavy atom. The van der Waals surface area contributed by atoms with E-state index in [-0.39, 0.29) is 36.8 Å². The van der Waals surface area contributed by atoms with Crippen molar-refractivity contribution in [1.29, 1.82) is 0 Å². The second-order valence-electron chi connectivity index (χ2n) is 12.9. The zero-order valence-corrected chi connectivity index (χ0v) is 32.3. The van der Waals surface area contributed by atoms with Crippen LogP contribution in [0.4, 0.5) is 0 Å². The van der Waals surface area contributed by atoms with Crippen LogP contribution < -0.4 is 43.4 Å². The maximum atomic E-state index is 13.8. The zero-order valence-electron chi connectivity index (χ0n) is 30.7. The van der Waals surface area contributed by atoms with Gasteiger partial charge < -0.3 is 53.3 Å². The van der Waals surface area contributed by atoms with Crippen molar-refractivity contribution in [3.8, 4) is 0 Å².